The van der Waals surface area contributed by atoms with Crippen LogP contribution in [0.15, 0.2) is 84.0 Å². The Morgan fingerprint density at radius 2 is 1.59 bits per heavy atom. The van der Waals surface area contributed by atoms with E-state index in [0.717, 1.165) is 52.9 Å². The molecule has 1 amide bonds. The summed E-state index contributed by atoms with van der Waals surface area (Å²) in [5.74, 6) is 1.75. The topological polar surface area (TPSA) is 54.3 Å². The number of nitrogens with zero attached hydrogens (tertiary/aromatic N) is 5. The van der Waals surface area contributed by atoms with Crippen LogP contribution in [-0.4, -0.2) is 63.4 Å². The van der Waals surface area contributed by atoms with Crippen molar-refractivity contribution in [2.75, 3.05) is 32.9 Å². The molecule has 0 saturated heterocycles. The Kier molecular flexibility index (Phi) is 10.9. The number of benzene rings is 3. The Bertz CT molecular complexity index is 1350. The molecule has 4 aromatic rings. The number of carbonyl (C=O) groups is 1. The molecule has 4 rings (SSSR count). The molecule has 0 radical (unpaired) electrons. The van der Waals surface area contributed by atoms with Crippen LogP contribution >= 0.6 is 35.0 Å². The summed E-state index contributed by atoms with van der Waals surface area (Å²) < 4.78 is 2.01. The molecular formula is C30H33Cl2N5OS. The minimum absolute atomic E-state index is 0.191. The lowest BCUT2D eigenvalue weighted by Crippen LogP contribution is -2.36. The van der Waals surface area contributed by atoms with Crippen molar-refractivity contribution in [2.45, 2.75) is 31.0 Å². The molecule has 0 saturated carbocycles. The number of unbranched alkanes of at least 4 members (excludes halogenated alkanes) is 1. The molecule has 0 bridgehead atoms. The van der Waals surface area contributed by atoms with Gasteiger partial charge in [0.05, 0.1) is 15.7 Å². The fraction of sp³-hybridized carbons (Fsp3) is 0.300. The number of aromatic nitrogens is 3. The standard InChI is InChI=1S/C30H33Cl2N5OS/c1-35(2)18-19-36(22-23-11-5-3-6-12-23)28(38)15-9-10-20-39-30-34-33-29(24-13-7-4-8-14-24)37(30)25-16-17-26(31)27(32)21-25/h3-8,11-14,16-17,21H,9-10,15,18-20,22H2,1-2H3. The number of rotatable bonds is 13. The molecule has 0 spiro atoms. The number of likely N-dealkylation sites (N-methyl/N-ethyl adjacent to an activating group) is 1. The summed E-state index contributed by atoms with van der Waals surface area (Å²) >= 11 is 14.1. The van der Waals surface area contributed by atoms with E-state index < -0.39 is 0 Å². The molecule has 1 aromatic heterocycles. The number of thioether (sulfide) groups is 1. The fourth-order valence-electron chi connectivity index (χ4n) is 4.11. The van der Waals surface area contributed by atoms with E-state index in [1.807, 2.05) is 84.2 Å². The van der Waals surface area contributed by atoms with Gasteiger partial charge in [-0.3, -0.25) is 9.36 Å². The Balaban J connectivity index is 1.38. The normalized spacial score (nSPS) is 11.2. The molecule has 0 fully saturated rings. The molecule has 3 aromatic carbocycles. The maximum absolute atomic E-state index is 13.1. The second-order valence-electron chi connectivity index (χ2n) is 9.52. The molecule has 39 heavy (non-hydrogen) atoms. The highest BCUT2D eigenvalue weighted by molar-refractivity contribution is 7.99. The van der Waals surface area contributed by atoms with E-state index >= 15 is 0 Å². The molecule has 6 nitrogen and oxygen atoms in total. The van der Waals surface area contributed by atoms with Crippen molar-refractivity contribution in [1.82, 2.24) is 24.6 Å². The largest absolute Gasteiger partial charge is 0.337 e. The molecule has 1 heterocycles. The Labute approximate surface area is 244 Å². The highest BCUT2D eigenvalue weighted by Gasteiger charge is 2.18. The van der Waals surface area contributed by atoms with Crippen molar-refractivity contribution in [3.8, 4) is 17.1 Å². The van der Waals surface area contributed by atoms with Gasteiger partial charge in [-0.2, -0.15) is 0 Å². The Hall–Kier alpha value is -2.84. The van der Waals surface area contributed by atoms with Gasteiger partial charge in [0, 0.05) is 37.4 Å². The zero-order valence-corrected chi connectivity index (χ0v) is 24.6. The summed E-state index contributed by atoms with van der Waals surface area (Å²) in [6.07, 6.45) is 2.22. The molecule has 9 heteroatoms. The number of carbonyl (C=O) groups excluding carboxylic acids is 1. The van der Waals surface area contributed by atoms with Gasteiger partial charge in [0.15, 0.2) is 11.0 Å². The lowest BCUT2D eigenvalue weighted by molar-refractivity contribution is -0.132. The van der Waals surface area contributed by atoms with Crippen LogP contribution in [0.25, 0.3) is 17.1 Å². The van der Waals surface area contributed by atoms with Crippen LogP contribution in [0.3, 0.4) is 0 Å². The minimum atomic E-state index is 0.191. The molecule has 0 aliphatic heterocycles. The van der Waals surface area contributed by atoms with Crippen LogP contribution in [0.4, 0.5) is 0 Å². The fourth-order valence-corrected chi connectivity index (χ4v) is 5.35. The van der Waals surface area contributed by atoms with Gasteiger partial charge < -0.3 is 9.80 Å². The van der Waals surface area contributed by atoms with Gasteiger partial charge in [-0.05, 0) is 50.7 Å². The van der Waals surface area contributed by atoms with E-state index in [1.165, 1.54) is 0 Å². The van der Waals surface area contributed by atoms with E-state index in [1.54, 1.807) is 17.8 Å². The zero-order valence-electron chi connectivity index (χ0n) is 22.3. The molecule has 0 aliphatic carbocycles. The van der Waals surface area contributed by atoms with Crippen LogP contribution in [0.5, 0.6) is 0 Å². The highest BCUT2D eigenvalue weighted by Crippen LogP contribution is 2.31. The van der Waals surface area contributed by atoms with Gasteiger partial charge >= 0.3 is 0 Å². The van der Waals surface area contributed by atoms with Crippen LogP contribution in [0, 0.1) is 0 Å². The molecule has 0 atom stereocenters. The number of amides is 1. The summed E-state index contributed by atoms with van der Waals surface area (Å²) in [6, 6.07) is 25.7. The van der Waals surface area contributed by atoms with Crippen LogP contribution < -0.4 is 0 Å². The first-order chi connectivity index (χ1) is 18.9. The van der Waals surface area contributed by atoms with E-state index in [0.29, 0.717) is 29.6 Å². The van der Waals surface area contributed by atoms with Gasteiger partial charge in [0.1, 0.15) is 0 Å². The first-order valence-corrected chi connectivity index (χ1v) is 14.7. The molecule has 204 valence electrons. The first kappa shape index (κ1) is 29.2. The van der Waals surface area contributed by atoms with Gasteiger partial charge in [0.25, 0.3) is 0 Å². The third kappa shape index (κ3) is 8.32. The molecule has 0 aliphatic rings. The van der Waals surface area contributed by atoms with Crippen molar-refractivity contribution >= 4 is 40.9 Å². The van der Waals surface area contributed by atoms with Crippen LogP contribution in [-0.2, 0) is 11.3 Å². The minimum Gasteiger partial charge on any atom is -0.337 e. The summed E-state index contributed by atoms with van der Waals surface area (Å²) in [4.78, 5) is 17.2. The number of hydrogen-bond donors (Lipinski definition) is 0. The lowest BCUT2D eigenvalue weighted by Gasteiger charge is -2.24. The summed E-state index contributed by atoms with van der Waals surface area (Å²) in [5, 5.41) is 10.7. The molecular weight excluding hydrogens is 549 g/mol. The average molecular weight is 583 g/mol. The third-order valence-electron chi connectivity index (χ3n) is 6.23. The predicted octanol–water partition coefficient (Wildman–Crippen LogP) is 7.09. The quantitative estimate of drug-likeness (QED) is 0.124. The third-order valence-corrected chi connectivity index (χ3v) is 7.98. The van der Waals surface area contributed by atoms with E-state index in [2.05, 4.69) is 27.2 Å². The second kappa shape index (κ2) is 14.5. The lowest BCUT2D eigenvalue weighted by atomic mass is 10.2. The monoisotopic (exact) mass is 581 g/mol. The zero-order chi connectivity index (χ0) is 27.6. The molecule has 0 unspecified atom stereocenters. The maximum Gasteiger partial charge on any atom is 0.222 e. The van der Waals surface area contributed by atoms with Crippen molar-refractivity contribution < 1.29 is 4.79 Å². The van der Waals surface area contributed by atoms with E-state index in [4.69, 9.17) is 23.2 Å². The summed E-state index contributed by atoms with van der Waals surface area (Å²) in [5.41, 5.74) is 2.96. The van der Waals surface area contributed by atoms with Crippen molar-refractivity contribution in [3.63, 3.8) is 0 Å². The molecule has 0 N–H and O–H groups in total. The van der Waals surface area contributed by atoms with Crippen molar-refractivity contribution in [3.05, 3.63) is 94.5 Å². The number of hydrogen-bond acceptors (Lipinski definition) is 5. The van der Waals surface area contributed by atoms with Crippen LogP contribution in [0.1, 0.15) is 24.8 Å². The second-order valence-corrected chi connectivity index (χ2v) is 11.4. The van der Waals surface area contributed by atoms with Crippen molar-refractivity contribution in [1.29, 1.82) is 0 Å². The Morgan fingerprint density at radius 1 is 0.872 bits per heavy atom. The van der Waals surface area contributed by atoms with Gasteiger partial charge in [-0.25, -0.2) is 0 Å². The van der Waals surface area contributed by atoms with E-state index in [-0.39, 0.29) is 5.91 Å². The summed E-state index contributed by atoms with van der Waals surface area (Å²) in [6.45, 7) is 2.18. The first-order valence-electron chi connectivity index (χ1n) is 13.0. The van der Waals surface area contributed by atoms with Crippen LogP contribution in [0.2, 0.25) is 10.0 Å². The van der Waals surface area contributed by atoms with Gasteiger partial charge in [-0.1, -0.05) is 95.6 Å². The van der Waals surface area contributed by atoms with Gasteiger partial charge in [0.2, 0.25) is 5.91 Å². The van der Waals surface area contributed by atoms with Crippen molar-refractivity contribution in [2.24, 2.45) is 0 Å². The highest BCUT2D eigenvalue weighted by atomic mass is 35.5. The predicted molar refractivity (Wildman–Crippen MR) is 162 cm³/mol. The Morgan fingerprint density at radius 3 is 2.28 bits per heavy atom. The SMILES string of the molecule is CN(C)CCN(Cc1ccccc1)C(=O)CCCCSc1nnc(-c2ccccc2)n1-c1ccc(Cl)c(Cl)c1. The number of halogens is 2. The maximum atomic E-state index is 13.1. The summed E-state index contributed by atoms with van der Waals surface area (Å²) in [7, 11) is 4.06. The smallest absolute Gasteiger partial charge is 0.222 e. The average Bonchev–Trinajstić information content (AvgIpc) is 3.37. The van der Waals surface area contributed by atoms with Gasteiger partial charge in [-0.15, -0.1) is 10.2 Å². The van der Waals surface area contributed by atoms with E-state index in [9.17, 15) is 4.79 Å².